The van der Waals surface area contributed by atoms with Gasteiger partial charge in [-0.15, -0.1) is 0 Å². The molecule has 4 saturated carbocycles. The minimum absolute atomic E-state index is 0. The summed E-state index contributed by atoms with van der Waals surface area (Å²) in [5.74, 6) is -1.42. The number of methoxy groups -OCH3 is 2. The van der Waals surface area contributed by atoms with Crippen LogP contribution in [0.4, 0.5) is 0 Å². The Hall–Kier alpha value is -13.3. The van der Waals surface area contributed by atoms with Crippen LogP contribution in [-0.4, -0.2) is 217 Å². The van der Waals surface area contributed by atoms with Crippen molar-refractivity contribution in [2.45, 2.75) is 160 Å². The molecule has 146 heavy (non-hydrogen) atoms. The third-order valence-corrected chi connectivity index (χ3v) is 29.4. The number of carbonyl (C=O) groups excluding carboxylic acids is 6. The van der Waals surface area contributed by atoms with E-state index in [1.54, 1.807) is 9.80 Å². The SMILES string of the molecule is C1CCOC1.COC(=O)[C@@H]1C[C@H](OC[C@@H]2C[C@H]2c2ccccc2)CN1C(=O)C(c1ccccc1)c1ccccc1.COC(=O)[C@@H]1C[C@H](OC[C@H]2C[C@@H]2c2ccccc2)CN1C(=O)C(c1ccccc1)c1ccccc1.O.O=C(O)[C@@H]1C[C@H](OC[C@@H]2C[C@H]2c2ccccc2)CN1C(=O)C(c1ccccc1)c1ccccc1.O=C(O)[C@@H]1C[C@H](OC[C@H]2C[C@@H]2c2ccccc2)CN1C(=O)C(c1ccccc1)c1ccccc1.[Li+].[OH-]. The van der Waals surface area contributed by atoms with Crippen LogP contribution in [0.5, 0.6) is 0 Å². The molecule has 16 atom stereocenters. The topological polar surface area (TPSA) is 316 Å². The molecule has 0 radical (unpaired) electrons. The van der Waals surface area contributed by atoms with E-state index in [4.69, 9.17) is 33.2 Å². The van der Waals surface area contributed by atoms with Crippen LogP contribution < -0.4 is 18.9 Å². The van der Waals surface area contributed by atoms with E-state index in [1.165, 1.54) is 59.1 Å². The van der Waals surface area contributed by atoms with Crippen molar-refractivity contribution < 1.29 is 112 Å². The zero-order valence-electron chi connectivity index (χ0n) is 83.1. The Labute approximate surface area is 867 Å². The number of benzene rings is 12. The van der Waals surface area contributed by atoms with Gasteiger partial charge in [0.25, 0.3) is 0 Å². The number of esters is 2. The first kappa shape index (κ1) is 108. The third kappa shape index (κ3) is 28.1. The number of carboxylic acid groups (broad SMARTS) is 2. The molecule has 0 bridgehead atoms. The molecule has 754 valence electrons. The molecule has 5 aliphatic heterocycles. The summed E-state index contributed by atoms with van der Waals surface area (Å²) < 4.78 is 40.0. The molecule has 12 aromatic rings. The summed E-state index contributed by atoms with van der Waals surface area (Å²) in [4.78, 5) is 111. The monoisotopic (exact) mass is 1960 g/mol. The van der Waals surface area contributed by atoms with Crippen molar-refractivity contribution in [2.75, 3.05) is 80.0 Å². The molecule has 5 saturated heterocycles. The van der Waals surface area contributed by atoms with Gasteiger partial charge in [0.1, 0.15) is 24.2 Å². The van der Waals surface area contributed by atoms with E-state index in [1.807, 2.05) is 267 Å². The summed E-state index contributed by atoms with van der Waals surface area (Å²) in [7, 11) is 2.75. The van der Waals surface area contributed by atoms with Crippen LogP contribution in [0.15, 0.2) is 364 Å². The predicted octanol–water partition coefficient (Wildman–Crippen LogP) is 15.7. The summed E-state index contributed by atoms with van der Waals surface area (Å²) in [5, 5.41) is 19.8. The molecule has 5 N–H and O–H groups in total. The number of likely N-dealkylation sites (tertiary alicyclic amines) is 4. The first-order chi connectivity index (χ1) is 70.0. The number of hydrogen-bond donors (Lipinski definition) is 2. The zero-order chi connectivity index (χ0) is 98.9. The van der Waals surface area contributed by atoms with Crippen LogP contribution in [0.1, 0.15) is 178 Å². The molecule has 23 nitrogen and oxygen atoms in total. The quantitative estimate of drug-likeness (QED) is 0.0292. The Bertz CT molecular complexity index is 5560. The fourth-order valence-corrected chi connectivity index (χ4v) is 21.3. The Morgan fingerprint density at radius 3 is 0.610 bits per heavy atom. The number of ether oxygens (including phenoxy) is 7. The molecule has 4 aliphatic carbocycles. The van der Waals surface area contributed by atoms with Crippen LogP contribution in [0.25, 0.3) is 0 Å². The van der Waals surface area contributed by atoms with Crippen molar-refractivity contribution in [1.29, 1.82) is 0 Å². The van der Waals surface area contributed by atoms with E-state index in [2.05, 4.69) is 97.1 Å². The fourth-order valence-electron chi connectivity index (χ4n) is 21.3. The average Bonchev–Trinajstić information content (AvgIpc) is 1.61. The summed E-state index contributed by atoms with van der Waals surface area (Å²) in [6, 6.07) is 116. The molecule has 21 rings (SSSR count). The van der Waals surface area contributed by atoms with E-state index in [0.29, 0.717) is 126 Å². The first-order valence-corrected chi connectivity index (χ1v) is 50.5. The van der Waals surface area contributed by atoms with Crippen molar-refractivity contribution in [2.24, 2.45) is 23.7 Å². The Balaban J connectivity index is 0.000000150. The van der Waals surface area contributed by atoms with Crippen LogP contribution in [0.2, 0.25) is 0 Å². The molecular formula is C122H131LiN4O19. The molecular weight excluding hydrogens is 1830 g/mol. The zero-order valence-corrected chi connectivity index (χ0v) is 83.1. The molecule has 5 heterocycles. The van der Waals surface area contributed by atoms with Gasteiger partial charge in [0.2, 0.25) is 23.6 Å². The van der Waals surface area contributed by atoms with Gasteiger partial charge in [0.05, 0.1) is 88.7 Å². The molecule has 0 spiro atoms. The molecule has 9 aliphatic rings. The van der Waals surface area contributed by atoms with Crippen LogP contribution >= 0.6 is 0 Å². The van der Waals surface area contributed by atoms with Crippen LogP contribution in [0.3, 0.4) is 0 Å². The normalized spacial score (nSPS) is 23.1. The van der Waals surface area contributed by atoms with E-state index in [0.717, 1.165) is 83.4 Å². The van der Waals surface area contributed by atoms with Crippen LogP contribution in [0, 0.1) is 23.7 Å². The van der Waals surface area contributed by atoms with Gasteiger partial charge in [-0.2, -0.15) is 0 Å². The Kier molecular flexibility index (Phi) is 39.5. The number of carboxylic acids is 2. The minimum Gasteiger partial charge on any atom is -0.870 e. The third-order valence-electron chi connectivity index (χ3n) is 29.4. The number of hydrogen-bond acceptors (Lipinski definition) is 16. The maximum atomic E-state index is 14.0. The second-order valence-corrected chi connectivity index (χ2v) is 38.9. The first-order valence-electron chi connectivity index (χ1n) is 50.5. The molecule has 0 unspecified atom stereocenters. The summed E-state index contributed by atoms with van der Waals surface area (Å²) >= 11 is 0. The summed E-state index contributed by atoms with van der Waals surface area (Å²) in [6.07, 6.45) is 7.60. The van der Waals surface area contributed by atoms with E-state index in [9.17, 15) is 48.6 Å². The van der Waals surface area contributed by atoms with E-state index in [-0.39, 0.29) is 77.9 Å². The Morgan fingerprint density at radius 2 is 0.445 bits per heavy atom. The van der Waals surface area contributed by atoms with E-state index >= 15 is 0 Å². The van der Waals surface area contributed by atoms with Gasteiger partial charge >= 0.3 is 42.7 Å². The predicted molar refractivity (Wildman–Crippen MR) is 552 cm³/mol. The van der Waals surface area contributed by atoms with Crippen molar-refractivity contribution in [3.05, 3.63) is 431 Å². The van der Waals surface area contributed by atoms with Crippen molar-refractivity contribution in [1.82, 2.24) is 19.6 Å². The maximum absolute atomic E-state index is 14.0. The maximum Gasteiger partial charge on any atom is 1.00 e. The number of aliphatic carboxylic acids is 2. The minimum atomic E-state index is -0.979. The standard InChI is InChI=1S/2C30H31NO4.2C29H29NO4.C4H8O.Li.2H2O/c2*1-34-30(33)27-18-25(35-20-24-17-26(24)21-11-5-2-6-12-21)19-31(27)29(32)28(22-13-7-3-8-14-22)23-15-9-4-10-16-23;2*31-28(27(21-12-6-2-7-13-21)22-14-8-3-9-15-22)30-18-24(17-26(30)29(32)33)34-19-23-16-25(23)20-10-4-1-5-11-20;1-2-4-5-3-1;;;/h2*2-16,24-28H,17-20H2,1H3;2*1-15,23-27H,16-19H2,(H,32,33);1-4H2;;2*1H2/q;;;;;+1;;/p-1/t24-,25+,26-,27+;24-,25-,26-,27-;23-,24+,25-,26+;23-,24-,25-,26-;;;;/m1010..../s1. The van der Waals surface area contributed by atoms with E-state index < -0.39 is 71.7 Å². The number of amides is 4. The van der Waals surface area contributed by atoms with Gasteiger partial charge in [-0.05, 0) is 153 Å². The second-order valence-electron chi connectivity index (χ2n) is 38.9. The smallest absolute Gasteiger partial charge is 0.870 e. The van der Waals surface area contributed by atoms with Gasteiger partial charge in [0.15, 0.2) is 0 Å². The molecule has 9 fully saturated rings. The average molecular weight is 1960 g/mol. The molecule has 24 heteroatoms. The fraction of sp³-hybridized carbons (Fsp3) is 0.344. The second kappa shape index (κ2) is 53.2. The van der Waals surface area contributed by atoms with Crippen LogP contribution in [-0.2, 0) is 71.5 Å². The van der Waals surface area contributed by atoms with Crippen molar-refractivity contribution in [3.8, 4) is 0 Å². The molecule has 12 aromatic carbocycles. The number of rotatable bonds is 32. The van der Waals surface area contributed by atoms with Gasteiger partial charge in [0, 0.05) is 65.1 Å². The van der Waals surface area contributed by atoms with Crippen molar-refractivity contribution in [3.63, 3.8) is 0 Å². The van der Waals surface area contributed by atoms with Gasteiger partial charge in [-0.1, -0.05) is 364 Å². The molecule has 4 amide bonds. The van der Waals surface area contributed by atoms with Gasteiger partial charge in [-0.3, -0.25) is 19.2 Å². The largest absolute Gasteiger partial charge is 1.00 e. The van der Waals surface area contributed by atoms with Gasteiger partial charge in [-0.25, -0.2) is 19.2 Å². The summed E-state index contributed by atoms with van der Waals surface area (Å²) in [6.45, 7) is 5.85. The van der Waals surface area contributed by atoms with Gasteiger partial charge < -0.3 is 73.9 Å². The molecule has 0 aromatic heterocycles. The van der Waals surface area contributed by atoms with Crippen molar-refractivity contribution >= 4 is 47.5 Å². The Morgan fingerprint density at radius 1 is 0.274 bits per heavy atom. The summed E-state index contributed by atoms with van der Waals surface area (Å²) in [5.41, 5.74) is 12.4. The number of nitrogens with zero attached hydrogens (tertiary/aromatic N) is 4. The number of carbonyl (C=O) groups is 8.